The minimum atomic E-state index is -0.652. The molecule has 0 amide bonds. The molecule has 76 valence electrons. The molecule has 5 heteroatoms. The average molecular weight is 204 g/mol. The molecule has 0 saturated heterocycles. The first-order valence-electron chi connectivity index (χ1n) is 4.24. The summed E-state index contributed by atoms with van der Waals surface area (Å²) in [5, 5.41) is 19.5. The lowest BCUT2D eigenvalue weighted by Gasteiger charge is -2.06. The Balaban J connectivity index is 3.48. The molecule has 0 heterocycles. The van der Waals surface area contributed by atoms with Gasteiger partial charge in [-0.2, -0.15) is 5.26 Å². The highest BCUT2D eigenvalue weighted by atomic mass is 16.6. The second kappa shape index (κ2) is 4.33. The first kappa shape index (κ1) is 10.9. The molecule has 1 rings (SSSR count). The van der Waals surface area contributed by atoms with Gasteiger partial charge in [0, 0.05) is 12.0 Å². The van der Waals surface area contributed by atoms with Crippen molar-refractivity contribution in [1.82, 2.24) is 0 Å². The second-order valence-corrected chi connectivity index (χ2v) is 3.03. The van der Waals surface area contributed by atoms with Gasteiger partial charge in [0.15, 0.2) is 0 Å². The number of carbonyl (C=O) groups is 1. The average Bonchev–Trinajstić information content (AvgIpc) is 2.26. The summed E-state index contributed by atoms with van der Waals surface area (Å²) in [4.78, 5) is 20.7. The summed E-state index contributed by atoms with van der Waals surface area (Å²) in [6, 6.07) is 6.02. The molecule has 0 aliphatic rings. The maximum atomic E-state index is 10.7. The van der Waals surface area contributed by atoms with Crippen LogP contribution in [0.4, 0.5) is 5.69 Å². The predicted octanol–water partition coefficient (Wildman–Crippen LogP) is 1.77. The van der Waals surface area contributed by atoms with Crippen molar-refractivity contribution in [3.05, 3.63) is 39.4 Å². The third-order valence-corrected chi connectivity index (χ3v) is 2.06. The van der Waals surface area contributed by atoms with E-state index in [4.69, 9.17) is 5.26 Å². The van der Waals surface area contributed by atoms with E-state index in [-0.39, 0.29) is 16.8 Å². The van der Waals surface area contributed by atoms with E-state index in [9.17, 15) is 14.9 Å². The number of nitrogens with zero attached hydrogens (tertiary/aromatic N) is 2. The highest BCUT2D eigenvalue weighted by Gasteiger charge is 2.21. The van der Waals surface area contributed by atoms with Crippen LogP contribution in [0.15, 0.2) is 18.2 Å². The lowest BCUT2D eigenvalue weighted by Crippen LogP contribution is -2.03. The van der Waals surface area contributed by atoms with Gasteiger partial charge in [-0.3, -0.25) is 10.1 Å². The van der Waals surface area contributed by atoms with Gasteiger partial charge in [-0.1, -0.05) is 13.0 Å². The minimum Gasteiger partial charge on any atom is -0.303 e. The van der Waals surface area contributed by atoms with Gasteiger partial charge in [0.2, 0.25) is 0 Å². The molecule has 0 fully saturated rings. The molecule has 1 unspecified atom stereocenters. The minimum absolute atomic E-state index is 0.170. The highest BCUT2D eigenvalue weighted by Crippen LogP contribution is 2.28. The number of benzene rings is 1. The molecular weight excluding hydrogens is 196 g/mol. The maximum Gasteiger partial charge on any atom is 0.274 e. The largest absolute Gasteiger partial charge is 0.303 e. The van der Waals surface area contributed by atoms with Gasteiger partial charge in [0.1, 0.15) is 6.29 Å². The van der Waals surface area contributed by atoms with Crippen LogP contribution < -0.4 is 0 Å². The first-order valence-corrected chi connectivity index (χ1v) is 4.24. The Morgan fingerprint density at radius 1 is 1.60 bits per heavy atom. The molecule has 0 aromatic heterocycles. The van der Waals surface area contributed by atoms with Gasteiger partial charge < -0.3 is 4.79 Å². The van der Waals surface area contributed by atoms with E-state index in [1.165, 1.54) is 25.1 Å². The van der Waals surface area contributed by atoms with Crippen molar-refractivity contribution in [3.63, 3.8) is 0 Å². The van der Waals surface area contributed by atoms with E-state index in [1.54, 1.807) is 0 Å². The van der Waals surface area contributed by atoms with Gasteiger partial charge in [0.05, 0.1) is 22.1 Å². The van der Waals surface area contributed by atoms with Crippen LogP contribution in [0.25, 0.3) is 0 Å². The zero-order valence-corrected chi connectivity index (χ0v) is 8.01. The zero-order valence-electron chi connectivity index (χ0n) is 8.01. The smallest absolute Gasteiger partial charge is 0.274 e. The molecule has 0 aliphatic carbocycles. The van der Waals surface area contributed by atoms with Crippen LogP contribution in [-0.2, 0) is 4.79 Å². The molecule has 0 bridgehead atoms. The summed E-state index contributed by atoms with van der Waals surface area (Å²) in [6.45, 7) is 1.52. The number of hydrogen-bond acceptors (Lipinski definition) is 4. The van der Waals surface area contributed by atoms with Crippen LogP contribution in [-0.4, -0.2) is 11.2 Å². The number of nitro groups is 1. The Bertz CT molecular complexity index is 448. The highest BCUT2D eigenvalue weighted by molar-refractivity contribution is 5.68. The van der Waals surface area contributed by atoms with E-state index in [1.807, 2.05) is 6.07 Å². The predicted molar refractivity (Wildman–Crippen MR) is 52.3 cm³/mol. The van der Waals surface area contributed by atoms with Crippen molar-refractivity contribution in [3.8, 4) is 6.07 Å². The van der Waals surface area contributed by atoms with Crippen LogP contribution in [0.3, 0.4) is 0 Å². The molecule has 1 aromatic carbocycles. The number of nitro benzene ring substituents is 1. The van der Waals surface area contributed by atoms with Gasteiger partial charge in [-0.25, -0.2) is 0 Å². The Labute approximate surface area is 86.1 Å². The van der Waals surface area contributed by atoms with Crippen molar-refractivity contribution in [1.29, 1.82) is 5.26 Å². The fourth-order valence-electron chi connectivity index (χ4n) is 1.36. The number of aldehydes is 1. The van der Waals surface area contributed by atoms with Gasteiger partial charge >= 0.3 is 0 Å². The summed E-state index contributed by atoms with van der Waals surface area (Å²) in [6.07, 6.45) is 0.586. The summed E-state index contributed by atoms with van der Waals surface area (Å²) >= 11 is 0. The van der Waals surface area contributed by atoms with E-state index >= 15 is 0 Å². The van der Waals surface area contributed by atoms with Gasteiger partial charge in [-0.15, -0.1) is 0 Å². The zero-order chi connectivity index (χ0) is 11.4. The third kappa shape index (κ3) is 1.99. The topological polar surface area (TPSA) is 84.0 Å². The van der Waals surface area contributed by atoms with Crippen molar-refractivity contribution >= 4 is 12.0 Å². The molecule has 5 nitrogen and oxygen atoms in total. The molecule has 0 N–H and O–H groups in total. The normalized spacial score (nSPS) is 11.5. The Hall–Kier alpha value is -2.22. The summed E-state index contributed by atoms with van der Waals surface area (Å²) in [7, 11) is 0. The number of nitriles is 1. The summed E-state index contributed by atoms with van der Waals surface area (Å²) in [5.74, 6) is -0.652. The van der Waals surface area contributed by atoms with Crippen LogP contribution in [0.5, 0.6) is 0 Å². The lowest BCUT2D eigenvalue weighted by atomic mass is 9.95. The van der Waals surface area contributed by atoms with Crippen molar-refractivity contribution < 1.29 is 9.72 Å². The summed E-state index contributed by atoms with van der Waals surface area (Å²) in [5.41, 5.74) is 0.164. The second-order valence-electron chi connectivity index (χ2n) is 3.03. The Kier molecular flexibility index (Phi) is 3.13. The Morgan fingerprint density at radius 2 is 2.27 bits per heavy atom. The molecular formula is C10H8N2O3. The Morgan fingerprint density at radius 3 is 2.73 bits per heavy atom. The third-order valence-electron chi connectivity index (χ3n) is 2.06. The quantitative estimate of drug-likeness (QED) is 0.426. The fourth-order valence-corrected chi connectivity index (χ4v) is 1.36. The number of hydrogen-bond donors (Lipinski definition) is 0. The summed E-state index contributed by atoms with van der Waals surface area (Å²) < 4.78 is 0. The maximum absolute atomic E-state index is 10.7. The molecule has 0 radical (unpaired) electrons. The molecule has 0 aliphatic heterocycles. The van der Waals surface area contributed by atoms with Crippen LogP contribution in [0.1, 0.15) is 24.0 Å². The monoisotopic (exact) mass is 204 g/mol. The van der Waals surface area contributed by atoms with E-state index in [0.29, 0.717) is 6.29 Å². The molecule has 1 aromatic rings. The van der Waals surface area contributed by atoms with E-state index < -0.39 is 10.8 Å². The van der Waals surface area contributed by atoms with Crippen LogP contribution in [0.2, 0.25) is 0 Å². The number of rotatable bonds is 3. The van der Waals surface area contributed by atoms with Gasteiger partial charge in [0.25, 0.3) is 5.69 Å². The van der Waals surface area contributed by atoms with Crippen molar-refractivity contribution in [2.75, 3.05) is 0 Å². The van der Waals surface area contributed by atoms with E-state index in [2.05, 4.69) is 0 Å². The van der Waals surface area contributed by atoms with Crippen LogP contribution in [0, 0.1) is 21.4 Å². The standard InChI is InChI=1S/C10H8N2O3/c1-7(6-13)10-8(5-11)3-2-4-9(10)12(14)15/h2-4,6-7H,1H3. The lowest BCUT2D eigenvalue weighted by molar-refractivity contribution is -0.385. The van der Waals surface area contributed by atoms with Crippen molar-refractivity contribution in [2.45, 2.75) is 12.8 Å². The molecule has 0 saturated carbocycles. The van der Waals surface area contributed by atoms with Crippen LogP contribution >= 0.6 is 0 Å². The number of carbonyl (C=O) groups excluding carboxylic acids is 1. The van der Waals surface area contributed by atoms with Crippen molar-refractivity contribution in [2.24, 2.45) is 0 Å². The molecule has 1 atom stereocenters. The molecule has 15 heavy (non-hydrogen) atoms. The molecule has 0 spiro atoms. The fraction of sp³-hybridized carbons (Fsp3) is 0.200. The SMILES string of the molecule is CC(C=O)c1c(C#N)cccc1[N+](=O)[O-]. The van der Waals surface area contributed by atoms with E-state index in [0.717, 1.165) is 0 Å². The first-order chi connectivity index (χ1) is 7.11. The van der Waals surface area contributed by atoms with Gasteiger partial charge in [-0.05, 0) is 6.07 Å².